The SMILES string of the molecule is O=C(O)c1cc2nc(-c3ccccc3Br)cc(=O)n2[nH]1. The van der Waals surface area contributed by atoms with Crippen molar-refractivity contribution in [2.75, 3.05) is 0 Å². The lowest BCUT2D eigenvalue weighted by Gasteiger charge is -2.03. The molecule has 0 aliphatic carbocycles. The fourth-order valence-electron chi connectivity index (χ4n) is 1.91. The number of hydrogen-bond acceptors (Lipinski definition) is 3. The quantitative estimate of drug-likeness (QED) is 0.752. The van der Waals surface area contributed by atoms with Crippen molar-refractivity contribution >= 4 is 27.5 Å². The summed E-state index contributed by atoms with van der Waals surface area (Å²) in [6.45, 7) is 0. The number of nitrogens with zero attached hydrogens (tertiary/aromatic N) is 2. The van der Waals surface area contributed by atoms with E-state index < -0.39 is 5.97 Å². The normalized spacial score (nSPS) is 10.8. The number of carbonyl (C=O) groups is 1. The zero-order chi connectivity index (χ0) is 14.3. The summed E-state index contributed by atoms with van der Waals surface area (Å²) < 4.78 is 1.91. The summed E-state index contributed by atoms with van der Waals surface area (Å²) in [7, 11) is 0. The van der Waals surface area contributed by atoms with Crippen molar-refractivity contribution in [3.05, 3.63) is 56.9 Å². The molecule has 0 saturated carbocycles. The Morgan fingerprint density at radius 2 is 2.05 bits per heavy atom. The third-order valence-corrected chi connectivity index (χ3v) is 3.52. The van der Waals surface area contributed by atoms with E-state index >= 15 is 0 Å². The average Bonchev–Trinajstić information content (AvgIpc) is 2.84. The van der Waals surface area contributed by atoms with Gasteiger partial charge in [-0.2, -0.15) is 0 Å². The number of aromatic carboxylic acids is 1. The van der Waals surface area contributed by atoms with E-state index in [9.17, 15) is 9.59 Å². The maximum absolute atomic E-state index is 12.0. The van der Waals surface area contributed by atoms with Crippen molar-refractivity contribution in [2.24, 2.45) is 0 Å². The van der Waals surface area contributed by atoms with Crippen molar-refractivity contribution < 1.29 is 9.90 Å². The molecule has 1 aromatic carbocycles. The van der Waals surface area contributed by atoms with Crippen LogP contribution in [-0.2, 0) is 0 Å². The number of benzene rings is 1. The van der Waals surface area contributed by atoms with Gasteiger partial charge in [0.2, 0.25) is 0 Å². The third kappa shape index (κ3) is 2.01. The average molecular weight is 334 g/mol. The summed E-state index contributed by atoms with van der Waals surface area (Å²) >= 11 is 3.40. The van der Waals surface area contributed by atoms with Crippen LogP contribution in [0.1, 0.15) is 10.5 Å². The summed E-state index contributed by atoms with van der Waals surface area (Å²) in [5, 5.41) is 11.4. The van der Waals surface area contributed by atoms with Gasteiger partial charge in [0.05, 0.1) is 5.69 Å². The molecular weight excluding hydrogens is 326 g/mol. The molecule has 3 rings (SSSR count). The van der Waals surface area contributed by atoms with Gasteiger partial charge < -0.3 is 5.11 Å². The topological polar surface area (TPSA) is 87.5 Å². The first-order valence-electron chi connectivity index (χ1n) is 5.67. The first-order chi connectivity index (χ1) is 9.56. The second-order valence-corrected chi connectivity index (χ2v) is 4.98. The molecule has 7 heteroatoms. The van der Waals surface area contributed by atoms with Crippen molar-refractivity contribution in [1.29, 1.82) is 0 Å². The number of aromatic nitrogens is 3. The molecule has 20 heavy (non-hydrogen) atoms. The monoisotopic (exact) mass is 333 g/mol. The van der Waals surface area contributed by atoms with E-state index in [2.05, 4.69) is 26.0 Å². The highest BCUT2D eigenvalue weighted by molar-refractivity contribution is 9.10. The molecule has 0 saturated heterocycles. The highest BCUT2D eigenvalue weighted by Gasteiger charge is 2.12. The Kier molecular flexibility index (Phi) is 2.90. The molecule has 2 heterocycles. The fraction of sp³-hybridized carbons (Fsp3) is 0. The van der Waals surface area contributed by atoms with Gasteiger partial charge in [0.15, 0.2) is 5.65 Å². The zero-order valence-corrected chi connectivity index (χ0v) is 11.6. The molecule has 0 fully saturated rings. The second-order valence-electron chi connectivity index (χ2n) is 4.13. The minimum atomic E-state index is -1.14. The number of rotatable bonds is 2. The Hall–Kier alpha value is -2.41. The Bertz CT molecular complexity index is 882. The molecule has 2 aromatic heterocycles. The second kappa shape index (κ2) is 4.61. The van der Waals surface area contributed by atoms with Gasteiger partial charge in [-0.05, 0) is 6.07 Å². The minimum absolute atomic E-state index is 0.0844. The number of halogens is 1. The van der Waals surface area contributed by atoms with Crippen molar-refractivity contribution in [3.8, 4) is 11.3 Å². The van der Waals surface area contributed by atoms with E-state index in [4.69, 9.17) is 5.11 Å². The van der Waals surface area contributed by atoms with Crippen LogP contribution in [0.15, 0.2) is 45.7 Å². The van der Waals surface area contributed by atoms with Gasteiger partial charge in [0, 0.05) is 22.2 Å². The van der Waals surface area contributed by atoms with Crippen LogP contribution >= 0.6 is 15.9 Å². The van der Waals surface area contributed by atoms with Crippen LogP contribution in [-0.4, -0.2) is 25.7 Å². The molecule has 0 aliphatic rings. The van der Waals surface area contributed by atoms with Crippen LogP contribution in [0.2, 0.25) is 0 Å². The van der Waals surface area contributed by atoms with E-state index in [1.165, 1.54) is 12.1 Å². The molecule has 0 aliphatic heterocycles. The summed E-state index contributed by atoms with van der Waals surface area (Å²) in [5.74, 6) is -1.14. The molecule has 100 valence electrons. The van der Waals surface area contributed by atoms with E-state index in [-0.39, 0.29) is 16.9 Å². The van der Waals surface area contributed by atoms with Crippen LogP contribution in [0, 0.1) is 0 Å². The maximum atomic E-state index is 12.0. The van der Waals surface area contributed by atoms with Gasteiger partial charge in [-0.3, -0.25) is 9.89 Å². The summed E-state index contributed by atoms with van der Waals surface area (Å²) in [6.07, 6.45) is 0. The zero-order valence-electron chi connectivity index (χ0n) is 10.0. The lowest BCUT2D eigenvalue weighted by molar-refractivity contribution is 0.0690. The van der Waals surface area contributed by atoms with Gasteiger partial charge in [-0.25, -0.2) is 14.3 Å². The van der Waals surface area contributed by atoms with Crippen LogP contribution < -0.4 is 5.56 Å². The van der Waals surface area contributed by atoms with E-state index in [1.807, 2.05) is 24.3 Å². The number of carboxylic acids is 1. The minimum Gasteiger partial charge on any atom is -0.477 e. The van der Waals surface area contributed by atoms with Gasteiger partial charge in [-0.1, -0.05) is 34.1 Å². The number of aromatic amines is 1. The van der Waals surface area contributed by atoms with Crippen molar-refractivity contribution in [1.82, 2.24) is 14.6 Å². The molecule has 0 atom stereocenters. The van der Waals surface area contributed by atoms with Gasteiger partial charge in [-0.15, -0.1) is 0 Å². The smallest absolute Gasteiger partial charge is 0.353 e. The number of nitrogens with one attached hydrogen (secondary N) is 1. The van der Waals surface area contributed by atoms with Crippen LogP contribution in [0.3, 0.4) is 0 Å². The lowest BCUT2D eigenvalue weighted by Crippen LogP contribution is -2.14. The molecule has 2 N–H and O–H groups in total. The molecule has 0 unspecified atom stereocenters. The van der Waals surface area contributed by atoms with Crippen molar-refractivity contribution in [3.63, 3.8) is 0 Å². The molecule has 0 amide bonds. The number of H-pyrrole nitrogens is 1. The third-order valence-electron chi connectivity index (χ3n) is 2.83. The molecular formula is C13H8BrN3O3. The molecule has 6 nitrogen and oxygen atoms in total. The Balaban J connectivity index is 2.27. The predicted octanol–water partition coefficient (Wildman–Crippen LogP) is 2.15. The maximum Gasteiger partial charge on any atom is 0.353 e. The Labute approximate surface area is 120 Å². The van der Waals surface area contributed by atoms with Gasteiger partial charge in [0.25, 0.3) is 5.56 Å². The van der Waals surface area contributed by atoms with E-state index in [0.29, 0.717) is 5.69 Å². The van der Waals surface area contributed by atoms with Gasteiger partial charge in [0.1, 0.15) is 5.69 Å². The highest BCUT2D eigenvalue weighted by Crippen LogP contribution is 2.25. The summed E-state index contributed by atoms with van der Waals surface area (Å²) in [6, 6.07) is 10.0. The van der Waals surface area contributed by atoms with Gasteiger partial charge >= 0.3 is 5.97 Å². The van der Waals surface area contributed by atoms with Crippen LogP contribution in [0.4, 0.5) is 0 Å². The number of carboxylic acid groups (broad SMARTS) is 1. The Morgan fingerprint density at radius 3 is 2.75 bits per heavy atom. The summed E-state index contributed by atoms with van der Waals surface area (Å²) in [4.78, 5) is 27.2. The molecule has 0 spiro atoms. The first-order valence-corrected chi connectivity index (χ1v) is 6.46. The van der Waals surface area contributed by atoms with Crippen LogP contribution in [0.5, 0.6) is 0 Å². The number of fused-ring (bicyclic) bond motifs is 1. The highest BCUT2D eigenvalue weighted by atomic mass is 79.9. The lowest BCUT2D eigenvalue weighted by atomic mass is 10.1. The van der Waals surface area contributed by atoms with E-state index in [0.717, 1.165) is 14.6 Å². The molecule has 3 aromatic rings. The Morgan fingerprint density at radius 1 is 1.30 bits per heavy atom. The largest absolute Gasteiger partial charge is 0.477 e. The fourth-order valence-corrected chi connectivity index (χ4v) is 2.40. The van der Waals surface area contributed by atoms with Crippen LogP contribution in [0.25, 0.3) is 16.9 Å². The summed E-state index contributed by atoms with van der Waals surface area (Å²) in [5.41, 5.74) is 1.07. The molecule has 0 bridgehead atoms. The van der Waals surface area contributed by atoms with Crippen molar-refractivity contribution in [2.45, 2.75) is 0 Å². The molecule has 0 radical (unpaired) electrons. The number of hydrogen-bond donors (Lipinski definition) is 2. The standard InChI is InChI=1S/C13H8BrN3O3/c14-8-4-2-1-3-7(8)9-6-12(18)17-11(15-9)5-10(16-17)13(19)20/h1-6,16H,(H,19,20). The van der Waals surface area contributed by atoms with E-state index in [1.54, 1.807) is 0 Å². The first kappa shape index (κ1) is 12.6. The predicted molar refractivity (Wildman–Crippen MR) is 75.9 cm³/mol.